The molecule has 0 saturated carbocycles. The number of methoxy groups -OCH3 is 1. The van der Waals surface area contributed by atoms with Gasteiger partial charge in [0.05, 0.1) is 16.9 Å². The van der Waals surface area contributed by atoms with Crippen LogP contribution < -0.4 is 4.74 Å². The van der Waals surface area contributed by atoms with Crippen molar-refractivity contribution in [2.24, 2.45) is 0 Å². The van der Waals surface area contributed by atoms with E-state index in [1.54, 1.807) is 25.1 Å². The SMILES string of the molecule is COc1ccc(S(=O)(=O)N2CCN(C(=O)c3ccc(C)c([N+](=O)[O-])c3)CC2)cc1. The van der Waals surface area contributed by atoms with Gasteiger partial charge in [-0.1, -0.05) is 6.07 Å². The summed E-state index contributed by atoms with van der Waals surface area (Å²) in [5, 5.41) is 11.1. The van der Waals surface area contributed by atoms with Crippen LogP contribution in [-0.4, -0.2) is 61.7 Å². The minimum atomic E-state index is -3.67. The summed E-state index contributed by atoms with van der Waals surface area (Å²) in [4.78, 5) is 25.0. The van der Waals surface area contributed by atoms with Gasteiger partial charge >= 0.3 is 0 Å². The Kier molecular flexibility index (Phi) is 5.85. The number of nitro groups is 1. The van der Waals surface area contributed by atoms with Crippen LogP contribution >= 0.6 is 0 Å². The molecule has 0 aromatic heterocycles. The molecule has 0 unspecified atom stereocenters. The van der Waals surface area contributed by atoms with E-state index in [2.05, 4.69) is 0 Å². The molecule has 2 aromatic rings. The van der Waals surface area contributed by atoms with E-state index in [0.29, 0.717) is 11.3 Å². The summed E-state index contributed by atoms with van der Waals surface area (Å²) in [7, 11) is -2.17. The topological polar surface area (TPSA) is 110 Å². The van der Waals surface area contributed by atoms with E-state index in [-0.39, 0.29) is 48.2 Å². The molecule has 9 nitrogen and oxygen atoms in total. The Bertz CT molecular complexity index is 1030. The maximum absolute atomic E-state index is 12.8. The Hall–Kier alpha value is -2.98. The summed E-state index contributed by atoms with van der Waals surface area (Å²) >= 11 is 0. The molecule has 0 atom stereocenters. The fourth-order valence-corrected chi connectivity index (χ4v) is 4.57. The second-order valence-electron chi connectivity index (χ2n) is 6.63. The molecule has 3 rings (SSSR count). The predicted octanol–water partition coefficient (Wildman–Crippen LogP) is 2.06. The highest BCUT2D eigenvalue weighted by Gasteiger charge is 2.31. The number of amides is 1. The highest BCUT2D eigenvalue weighted by Crippen LogP contribution is 2.23. The summed E-state index contributed by atoms with van der Waals surface area (Å²) in [6, 6.07) is 10.5. The van der Waals surface area contributed by atoms with Gasteiger partial charge in [0, 0.05) is 43.4 Å². The lowest BCUT2D eigenvalue weighted by molar-refractivity contribution is -0.385. The average Bonchev–Trinajstić information content (AvgIpc) is 2.73. The van der Waals surface area contributed by atoms with Crippen LogP contribution in [0.2, 0.25) is 0 Å². The Labute approximate surface area is 168 Å². The Morgan fingerprint density at radius 2 is 1.69 bits per heavy atom. The summed E-state index contributed by atoms with van der Waals surface area (Å²) in [6.07, 6.45) is 0. The number of carbonyl (C=O) groups excluding carboxylic acids is 1. The molecule has 1 fully saturated rings. The maximum Gasteiger partial charge on any atom is 0.273 e. The number of hydrogen-bond acceptors (Lipinski definition) is 6. The quantitative estimate of drug-likeness (QED) is 0.542. The van der Waals surface area contributed by atoms with Gasteiger partial charge in [0.15, 0.2) is 0 Å². The number of benzene rings is 2. The number of piperazine rings is 1. The minimum absolute atomic E-state index is 0.114. The Morgan fingerprint density at radius 3 is 2.24 bits per heavy atom. The number of sulfonamides is 1. The fourth-order valence-electron chi connectivity index (χ4n) is 3.15. The number of hydrogen-bond donors (Lipinski definition) is 0. The van der Waals surface area contributed by atoms with E-state index >= 15 is 0 Å². The van der Waals surface area contributed by atoms with Gasteiger partial charge in [-0.3, -0.25) is 14.9 Å². The van der Waals surface area contributed by atoms with Crippen molar-refractivity contribution in [1.82, 2.24) is 9.21 Å². The van der Waals surface area contributed by atoms with E-state index in [1.807, 2.05) is 0 Å². The molecule has 1 amide bonds. The minimum Gasteiger partial charge on any atom is -0.497 e. The van der Waals surface area contributed by atoms with Crippen LogP contribution in [0.4, 0.5) is 5.69 Å². The van der Waals surface area contributed by atoms with Crippen LogP contribution in [0, 0.1) is 17.0 Å². The number of nitrogens with zero attached hydrogens (tertiary/aromatic N) is 3. The summed E-state index contributed by atoms with van der Waals surface area (Å²) in [6.45, 7) is 2.31. The van der Waals surface area contributed by atoms with Crippen molar-refractivity contribution in [3.63, 3.8) is 0 Å². The van der Waals surface area contributed by atoms with E-state index in [9.17, 15) is 23.3 Å². The van der Waals surface area contributed by atoms with Crippen molar-refractivity contribution < 1.29 is 22.9 Å². The van der Waals surface area contributed by atoms with Crippen LogP contribution in [0.15, 0.2) is 47.4 Å². The van der Waals surface area contributed by atoms with Gasteiger partial charge in [-0.2, -0.15) is 4.31 Å². The Morgan fingerprint density at radius 1 is 1.07 bits per heavy atom. The molecular formula is C19H21N3O6S. The van der Waals surface area contributed by atoms with Gasteiger partial charge in [-0.05, 0) is 37.3 Å². The second kappa shape index (κ2) is 8.18. The van der Waals surface area contributed by atoms with Crippen molar-refractivity contribution in [2.45, 2.75) is 11.8 Å². The van der Waals surface area contributed by atoms with Crippen LogP contribution in [0.25, 0.3) is 0 Å². The molecule has 0 radical (unpaired) electrons. The zero-order chi connectivity index (χ0) is 21.2. The third-order valence-electron chi connectivity index (χ3n) is 4.88. The van der Waals surface area contributed by atoms with Crippen molar-refractivity contribution >= 4 is 21.6 Å². The lowest BCUT2D eigenvalue weighted by Crippen LogP contribution is -2.50. The molecule has 1 aliphatic rings. The molecule has 0 spiro atoms. The fraction of sp³-hybridized carbons (Fsp3) is 0.316. The number of rotatable bonds is 5. The van der Waals surface area contributed by atoms with E-state index in [1.165, 1.54) is 40.6 Å². The zero-order valence-corrected chi connectivity index (χ0v) is 16.9. The summed E-state index contributed by atoms with van der Waals surface area (Å²) < 4.78 is 32.0. The highest BCUT2D eigenvalue weighted by molar-refractivity contribution is 7.89. The van der Waals surface area contributed by atoms with Gasteiger partial charge in [0.25, 0.3) is 11.6 Å². The van der Waals surface area contributed by atoms with Gasteiger partial charge in [0.1, 0.15) is 5.75 Å². The van der Waals surface area contributed by atoms with Crippen molar-refractivity contribution in [1.29, 1.82) is 0 Å². The lowest BCUT2D eigenvalue weighted by atomic mass is 10.1. The van der Waals surface area contributed by atoms with E-state index in [0.717, 1.165) is 0 Å². The van der Waals surface area contributed by atoms with Crippen molar-refractivity contribution in [3.05, 3.63) is 63.7 Å². The van der Waals surface area contributed by atoms with Crippen LogP contribution in [-0.2, 0) is 10.0 Å². The third-order valence-corrected chi connectivity index (χ3v) is 6.79. The lowest BCUT2D eigenvalue weighted by Gasteiger charge is -2.34. The molecule has 1 heterocycles. The van der Waals surface area contributed by atoms with Crippen LogP contribution in [0.5, 0.6) is 5.75 Å². The molecule has 0 aliphatic carbocycles. The molecule has 10 heteroatoms. The number of aryl methyl sites for hydroxylation is 1. The molecule has 29 heavy (non-hydrogen) atoms. The van der Waals surface area contributed by atoms with Crippen molar-refractivity contribution in [3.8, 4) is 5.75 Å². The second-order valence-corrected chi connectivity index (χ2v) is 8.57. The molecular weight excluding hydrogens is 398 g/mol. The molecule has 1 saturated heterocycles. The number of nitro benzene ring substituents is 1. The van der Waals surface area contributed by atoms with Gasteiger partial charge in [-0.15, -0.1) is 0 Å². The first kappa shape index (κ1) is 20.7. The molecule has 0 bridgehead atoms. The van der Waals surface area contributed by atoms with Crippen molar-refractivity contribution in [2.75, 3.05) is 33.3 Å². The first-order valence-electron chi connectivity index (χ1n) is 8.92. The average molecular weight is 419 g/mol. The number of carbonyl (C=O) groups is 1. The Balaban J connectivity index is 1.70. The van der Waals surface area contributed by atoms with E-state index < -0.39 is 14.9 Å². The summed E-state index contributed by atoms with van der Waals surface area (Å²) in [5.74, 6) is 0.209. The number of ether oxygens (including phenoxy) is 1. The summed E-state index contributed by atoms with van der Waals surface area (Å²) in [5.41, 5.74) is 0.576. The zero-order valence-electron chi connectivity index (χ0n) is 16.1. The molecule has 2 aromatic carbocycles. The normalized spacial score (nSPS) is 15.2. The molecule has 154 valence electrons. The maximum atomic E-state index is 12.8. The monoisotopic (exact) mass is 419 g/mol. The van der Waals surface area contributed by atoms with Gasteiger partial charge < -0.3 is 9.64 Å². The van der Waals surface area contributed by atoms with Crippen LogP contribution in [0.1, 0.15) is 15.9 Å². The first-order chi connectivity index (χ1) is 13.7. The largest absolute Gasteiger partial charge is 0.497 e. The predicted molar refractivity (Wildman–Crippen MR) is 105 cm³/mol. The van der Waals surface area contributed by atoms with E-state index in [4.69, 9.17) is 4.74 Å². The highest BCUT2D eigenvalue weighted by atomic mass is 32.2. The first-order valence-corrected chi connectivity index (χ1v) is 10.4. The molecule has 1 aliphatic heterocycles. The third kappa shape index (κ3) is 4.22. The van der Waals surface area contributed by atoms with Crippen LogP contribution in [0.3, 0.4) is 0 Å². The molecule has 0 N–H and O–H groups in total. The smallest absolute Gasteiger partial charge is 0.273 e. The van der Waals surface area contributed by atoms with Gasteiger partial charge in [0.2, 0.25) is 10.0 Å². The standard InChI is InChI=1S/C19H21N3O6S/c1-14-3-4-15(13-18(14)22(24)25)19(23)20-9-11-21(12-10-20)29(26,27)17-7-5-16(28-2)6-8-17/h3-8,13H,9-12H2,1-2H3. The van der Waals surface area contributed by atoms with Gasteiger partial charge in [-0.25, -0.2) is 8.42 Å².